The van der Waals surface area contributed by atoms with Gasteiger partial charge >= 0.3 is 0 Å². The summed E-state index contributed by atoms with van der Waals surface area (Å²) in [5.74, 6) is 0.620. The molecular formula is C51H32N2O2. The van der Waals surface area contributed by atoms with Crippen LogP contribution in [0.2, 0.25) is 0 Å². The Labute approximate surface area is 317 Å². The van der Waals surface area contributed by atoms with Crippen LogP contribution >= 0.6 is 0 Å². The summed E-state index contributed by atoms with van der Waals surface area (Å²) in [7, 11) is 0. The largest absolute Gasteiger partial charge is 0.456 e. The van der Waals surface area contributed by atoms with E-state index in [1.54, 1.807) is 0 Å². The molecule has 11 aromatic rings. The molecule has 0 spiro atoms. The van der Waals surface area contributed by atoms with Gasteiger partial charge in [0.1, 0.15) is 16.7 Å². The lowest BCUT2D eigenvalue weighted by molar-refractivity contribution is 0.621. The fourth-order valence-electron chi connectivity index (χ4n) is 8.06. The first-order valence-electron chi connectivity index (χ1n) is 18.5. The third-order valence-corrected chi connectivity index (χ3v) is 10.7. The predicted octanol–water partition coefficient (Wildman–Crippen LogP) is 14.5. The number of aromatic nitrogens is 1. The van der Waals surface area contributed by atoms with Crippen molar-refractivity contribution in [3.63, 3.8) is 0 Å². The summed E-state index contributed by atoms with van der Waals surface area (Å²) < 4.78 is 12.9. The highest BCUT2D eigenvalue weighted by atomic mass is 16.3. The number of hydrogen-bond donors (Lipinski definition) is 0. The van der Waals surface area contributed by atoms with E-state index >= 15 is 0 Å². The van der Waals surface area contributed by atoms with Gasteiger partial charge in [0.05, 0.1) is 0 Å². The summed E-state index contributed by atoms with van der Waals surface area (Å²) in [6.45, 7) is 0. The Kier molecular flexibility index (Phi) is 7.14. The van der Waals surface area contributed by atoms with Crippen LogP contribution in [0, 0.1) is 0 Å². The molecule has 11 rings (SSSR count). The third-order valence-electron chi connectivity index (χ3n) is 10.7. The topological polar surface area (TPSA) is 42.4 Å². The molecule has 0 N–H and O–H groups in total. The highest BCUT2D eigenvalue weighted by molar-refractivity contribution is 6.06. The predicted molar refractivity (Wildman–Crippen MR) is 227 cm³/mol. The molecule has 0 bridgehead atoms. The molecule has 4 nitrogen and oxygen atoms in total. The van der Waals surface area contributed by atoms with Gasteiger partial charge in [-0.2, -0.15) is 0 Å². The minimum Gasteiger partial charge on any atom is -0.456 e. The highest BCUT2D eigenvalue weighted by Gasteiger charge is 2.18. The second-order valence-electron chi connectivity index (χ2n) is 13.9. The molecular weight excluding hydrogens is 673 g/mol. The third kappa shape index (κ3) is 5.26. The van der Waals surface area contributed by atoms with Crippen LogP contribution in [0.25, 0.3) is 88.3 Å². The van der Waals surface area contributed by atoms with Gasteiger partial charge in [0.2, 0.25) is 5.89 Å². The average molecular weight is 705 g/mol. The fourth-order valence-corrected chi connectivity index (χ4v) is 8.06. The number of fused-ring (bicyclic) bond motifs is 6. The maximum absolute atomic E-state index is 6.57. The molecule has 2 heterocycles. The van der Waals surface area contributed by atoms with Gasteiger partial charge in [-0.25, -0.2) is 4.98 Å². The SMILES string of the molecule is c1ccc2c(-c3ccc(N(c4ccc(-c5cccc6nc(-c7cccc8ccccc78)oc56)cc4)c4ccc5c(c4)oc4ccccc45)cc3)cccc2c1. The van der Waals surface area contributed by atoms with E-state index in [1.165, 1.54) is 21.9 Å². The lowest BCUT2D eigenvalue weighted by atomic mass is 9.98. The Bertz CT molecular complexity index is 3200. The van der Waals surface area contributed by atoms with E-state index in [0.29, 0.717) is 5.89 Å². The summed E-state index contributed by atoms with van der Waals surface area (Å²) in [5.41, 5.74) is 11.8. The van der Waals surface area contributed by atoms with Gasteiger partial charge in [-0.15, -0.1) is 0 Å². The van der Waals surface area contributed by atoms with E-state index in [-0.39, 0.29) is 0 Å². The first kappa shape index (κ1) is 31.1. The second kappa shape index (κ2) is 12.6. The van der Waals surface area contributed by atoms with Crippen molar-refractivity contribution >= 4 is 71.6 Å². The summed E-state index contributed by atoms with van der Waals surface area (Å²) >= 11 is 0. The Hall–Kier alpha value is -7.43. The monoisotopic (exact) mass is 704 g/mol. The molecule has 0 aliphatic heterocycles. The maximum Gasteiger partial charge on any atom is 0.227 e. The Morgan fingerprint density at radius 3 is 1.62 bits per heavy atom. The molecule has 0 atom stereocenters. The van der Waals surface area contributed by atoms with Crippen molar-refractivity contribution in [1.82, 2.24) is 4.98 Å². The van der Waals surface area contributed by atoms with Gasteiger partial charge in [-0.05, 0) is 92.8 Å². The van der Waals surface area contributed by atoms with Crippen molar-refractivity contribution in [1.29, 1.82) is 0 Å². The van der Waals surface area contributed by atoms with Crippen molar-refractivity contribution in [3.8, 4) is 33.7 Å². The molecule has 55 heavy (non-hydrogen) atoms. The van der Waals surface area contributed by atoms with Crippen molar-refractivity contribution < 1.29 is 8.83 Å². The molecule has 0 radical (unpaired) electrons. The van der Waals surface area contributed by atoms with Crippen LogP contribution in [-0.2, 0) is 0 Å². The summed E-state index contributed by atoms with van der Waals surface area (Å²) in [5, 5.41) is 6.97. The van der Waals surface area contributed by atoms with E-state index in [4.69, 9.17) is 13.8 Å². The lowest BCUT2D eigenvalue weighted by Crippen LogP contribution is -2.09. The Morgan fingerprint density at radius 2 is 0.891 bits per heavy atom. The molecule has 9 aromatic carbocycles. The Morgan fingerprint density at radius 1 is 0.364 bits per heavy atom. The minimum absolute atomic E-state index is 0.620. The number of hydrogen-bond acceptors (Lipinski definition) is 4. The van der Waals surface area contributed by atoms with E-state index < -0.39 is 0 Å². The molecule has 4 heteroatoms. The van der Waals surface area contributed by atoms with Crippen LogP contribution in [0.4, 0.5) is 17.1 Å². The average Bonchev–Trinajstić information content (AvgIpc) is 3.86. The fraction of sp³-hybridized carbons (Fsp3) is 0. The number of para-hydroxylation sites is 2. The van der Waals surface area contributed by atoms with Gasteiger partial charge in [-0.1, -0.05) is 133 Å². The molecule has 0 aliphatic rings. The van der Waals surface area contributed by atoms with Crippen molar-refractivity contribution in [2.45, 2.75) is 0 Å². The van der Waals surface area contributed by atoms with Gasteiger partial charge < -0.3 is 13.7 Å². The first-order chi connectivity index (χ1) is 27.2. The zero-order valence-electron chi connectivity index (χ0n) is 29.7. The van der Waals surface area contributed by atoms with Crippen LogP contribution in [0.1, 0.15) is 0 Å². The smallest absolute Gasteiger partial charge is 0.227 e. The normalized spacial score (nSPS) is 11.6. The standard InChI is InChI=1S/C51H32N2O2/c1-3-14-40-33(10-1)12-7-17-41(40)35-22-26-37(27-23-35)53(39-30-31-45-44-16-5-6-21-48(44)54-49(45)32-39)38-28-24-36(25-29-38)43-18-9-20-47-50(43)55-51(52-47)46-19-8-13-34-11-2-4-15-42(34)46/h1-32H. The van der Waals surface area contributed by atoms with Gasteiger partial charge in [0.15, 0.2) is 5.58 Å². The molecule has 0 aliphatic carbocycles. The minimum atomic E-state index is 0.620. The second-order valence-corrected chi connectivity index (χ2v) is 13.9. The number of furan rings is 1. The van der Waals surface area contributed by atoms with E-state index in [9.17, 15) is 0 Å². The van der Waals surface area contributed by atoms with Crippen LogP contribution in [0.15, 0.2) is 203 Å². The van der Waals surface area contributed by atoms with E-state index in [2.05, 4.69) is 175 Å². The van der Waals surface area contributed by atoms with Crippen LogP contribution in [0.5, 0.6) is 0 Å². The first-order valence-corrected chi connectivity index (χ1v) is 18.5. The molecule has 0 amide bonds. The van der Waals surface area contributed by atoms with Crippen LogP contribution < -0.4 is 4.90 Å². The number of nitrogens with zero attached hydrogens (tertiary/aromatic N) is 2. The maximum atomic E-state index is 6.57. The molecule has 0 saturated heterocycles. The number of oxazole rings is 1. The van der Waals surface area contributed by atoms with Crippen molar-refractivity contribution in [2.75, 3.05) is 4.90 Å². The quantitative estimate of drug-likeness (QED) is 0.173. The Balaban J connectivity index is 1.01. The molecule has 0 saturated carbocycles. The zero-order valence-corrected chi connectivity index (χ0v) is 29.7. The lowest BCUT2D eigenvalue weighted by Gasteiger charge is -2.26. The number of benzene rings is 9. The summed E-state index contributed by atoms with van der Waals surface area (Å²) in [6.07, 6.45) is 0. The van der Waals surface area contributed by atoms with E-state index in [1.807, 2.05) is 24.3 Å². The molecule has 258 valence electrons. The zero-order chi connectivity index (χ0) is 36.3. The van der Waals surface area contributed by atoms with Crippen LogP contribution in [0.3, 0.4) is 0 Å². The molecule has 0 unspecified atom stereocenters. The van der Waals surface area contributed by atoms with Crippen molar-refractivity contribution in [3.05, 3.63) is 194 Å². The summed E-state index contributed by atoms with van der Waals surface area (Å²) in [4.78, 5) is 7.24. The van der Waals surface area contributed by atoms with E-state index in [0.717, 1.165) is 77.6 Å². The number of rotatable bonds is 6. The van der Waals surface area contributed by atoms with Gasteiger partial charge in [-0.3, -0.25) is 0 Å². The van der Waals surface area contributed by atoms with Gasteiger partial charge in [0.25, 0.3) is 0 Å². The van der Waals surface area contributed by atoms with Gasteiger partial charge in [0, 0.05) is 45.0 Å². The number of anilines is 3. The van der Waals surface area contributed by atoms with Crippen molar-refractivity contribution in [2.24, 2.45) is 0 Å². The molecule has 2 aromatic heterocycles. The highest BCUT2D eigenvalue weighted by Crippen LogP contribution is 2.41. The summed E-state index contributed by atoms with van der Waals surface area (Å²) in [6, 6.07) is 68.1. The molecule has 0 fully saturated rings. The van der Waals surface area contributed by atoms with Crippen LogP contribution in [-0.4, -0.2) is 4.98 Å².